The lowest BCUT2D eigenvalue weighted by Crippen LogP contribution is -2.13. The molecule has 4 rings (SSSR count). The normalized spacial score (nSPS) is 13.7. The second-order valence-corrected chi connectivity index (χ2v) is 6.97. The van der Waals surface area contributed by atoms with E-state index < -0.39 is 29.5 Å². The van der Waals surface area contributed by atoms with E-state index in [0.717, 1.165) is 67.6 Å². The molecular formula is C21H17F6N3O2. The monoisotopic (exact) mass is 457 g/mol. The molecule has 0 atom stereocenters. The first kappa shape index (κ1) is 23.3. The molecule has 5 nitrogen and oxygen atoms in total. The molecule has 0 saturated carbocycles. The average Bonchev–Trinajstić information content (AvgIpc) is 3.18. The van der Waals surface area contributed by atoms with Crippen LogP contribution < -0.4 is 5.73 Å². The van der Waals surface area contributed by atoms with Gasteiger partial charge in [-0.25, -0.2) is 4.98 Å². The number of alkyl halides is 6. The number of pyridine rings is 1. The van der Waals surface area contributed by atoms with Gasteiger partial charge in [0.1, 0.15) is 11.5 Å². The fourth-order valence-electron chi connectivity index (χ4n) is 3.04. The first-order valence-electron chi connectivity index (χ1n) is 9.44. The number of rotatable bonds is 2. The van der Waals surface area contributed by atoms with E-state index in [1.54, 1.807) is 0 Å². The number of nitrogens with two attached hydrogens (primary N) is 1. The lowest BCUT2D eigenvalue weighted by atomic mass is 10.0. The quantitative estimate of drug-likeness (QED) is 0.520. The number of carbonyl (C=O) groups is 1. The van der Waals surface area contributed by atoms with E-state index in [0.29, 0.717) is 5.56 Å². The number of halogens is 6. The number of hydrogen-bond donors (Lipinski definition) is 1. The third kappa shape index (κ3) is 5.65. The molecule has 2 aromatic heterocycles. The Hall–Kier alpha value is -3.37. The SMILES string of the molecule is FC(F)(F)c1cc(-c2nc3c(o2)CCCC3)ccn1.NC(=O)c1cccc(C(F)(F)F)c1. The number of hydrogen-bond acceptors (Lipinski definition) is 4. The van der Waals surface area contributed by atoms with Crippen LogP contribution in [0.4, 0.5) is 26.3 Å². The minimum Gasteiger partial charge on any atom is -0.441 e. The predicted octanol–water partition coefficient (Wildman–Crippen LogP) is 5.44. The molecule has 1 aliphatic carbocycles. The van der Waals surface area contributed by atoms with Crippen LogP contribution in [0.3, 0.4) is 0 Å². The standard InChI is InChI=1S/C13H11F3N2O.C8H6F3NO/c14-13(15,16)11-7-8(5-6-17-11)12-18-9-3-1-2-4-10(9)19-12;9-8(10,11)6-3-1-2-5(4-6)7(12)13/h5-7H,1-4H2;1-4H,(H2,12,13). The molecule has 3 aromatic rings. The van der Waals surface area contributed by atoms with Gasteiger partial charge in [-0.1, -0.05) is 6.07 Å². The Morgan fingerprint density at radius 3 is 2.31 bits per heavy atom. The van der Waals surface area contributed by atoms with Crippen LogP contribution in [0, 0.1) is 0 Å². The van der Waals surface area contributed by atoms with Crippen LogP contribution in [0.1, 0.15) is 45.9 Å². The van der Waals surface area contributed by atoms with Crippen molar-refractivity contribution in [3.8, 4) is 11.5 Å². The van der Waals surface area contributed by atoms with Crippen LogP contribution in [0.15, 0.2) is 47.0 Å². The highest BCUT2D eigenvalue weighted by Gasteiger charge is 2.33. The Morgan fingerprint density at radius 2 is 1.69 bits per heavy atom. The van der Waals surface area contributed by atoms with Gasteiger partial charge in [0.2, 0.25) is 11.8 Å². The van der Waals surface area contributed by atoms with Gasteiger partial charge in [0.25, 0.3) is 0 Å². The number of oxazole rings is 1. The molecule has 1 aromatic carbocycles. The summed E-state index contributed by atoms with van der Waals surface area (Å²) in [5.74, 6) is 0.178. The smallest absolute Gasteiger partial charge is 0.433 e. The van der Waals surface area contributed by atoms with E-state index in [2.05, 4.69) is 9.97 Å². The van der Waals surface area contributed by atoms with Crippen molar-refractivity contribution in [3.05, 3.63) is 70.9 Å². The molecule has 0 aliphatic heterocycles. The summed E-state index contributed by atoms with van der Waals surface area (Å²) < 4.78 is 79.6. The topological polar surface area (TPSA) is 82.0 Å². The number of aromatic nitrogens is 2. The van der Waals surface area contributed by atoms with E-state index in [1.807, 2.05) is 0 Å². The highest BCUT2D eigenvalue weighted by atomic mass is 19.4. The zero-order valence-corrected chi connectivity index (χ0v) is 16.4. The lowest BCUT2D eigenvalue weighted by Gasteiger charge is -2.06. The van der Waals surface area contributed by atoms with Gasteiger partial charge in [-0.05, 0) is 49.6 Å². The van der Waals surface area contributed by atoms with Crippen molar-refractivity contribution in [1.82, 2.24) is 9.97 Å². The molecule has 0 radical (unpaired) electrons. The van der Waals surface area contributed by atoms with E-state index >= 15 is 0 Å². The van der Waals surface area contributed by atoms with Gasteiger partial charge in [0, 0.05) is 23.7 Å². The van der Waals surface area contributed by atoms with Gasteiger partial charge in [0.05, 0.1) is 11.3 Å². The van der Waals surface area contributed by atoms with E-state index in [4.69, 9.17) is 10.2 Å². The molecule has 2 heterocycles. The summed E-state index contributed by atoms with van der Waals surface area (Å²) >= 11 is 0. The maximum atomic E-state index is 12.6. The van der Waals surface area contributed by atoms with Crippen molar-refractivity contribution in [2.45, 2.75) is 38.0 Å². The zero-order chi connectivity index (χ0) is 23.5. The molecule has 1 amide bonds. The van der Waals surface area contributed by atoms with Crippen LogP contribution in [0.25, 0.3) is 11.5 Å². The molecule has 11 heteroatoms. The van der Waals surface area contributed by atoms with Crippen LogP contribution in [0.2, 0.25) is 0 Å². The first-order chi connectivity index (χ1) is 14.9. The third-order valence-corrected chi connectivity index (χ3v) is 4.62. The summed E-state index contributed by atoms with van der Waals surface area (Å²) in [5, 5.41) is 0. The number of fused-ring (bicyclic) bond motifs is 1. The molecule has 1 aliphatic rings. The van der Waals surface area contributed by atoms with Crippen LogP contribution >= 0.6 is 0 Å². The zero-order valence-electron chi connectivity index (χ0n) is 16.4. The largest absolute Gasteiger partial charge is 0.441 e. The molecule has 170 valence electrons. The van der Waals surface area contributed by atoms with E-state index in [9.17, 15) is 31.1 Å². The van der Waals surface area contributed by atoms with Gasteiger partial charge in [-0.2, -0.15) is 26.3 Å². The number of aryl methyl sites for hydroxylation is 2. The molecule has 0 bridgehead atoms. The van der Waals surface area contributed by atoms with Crippen molar-refractivity contribution in [1.29, 1.82) is 0 Å². The summed E-state index contributed by atoms with van der Waals surface area (Å²) in [5.41, 5.74) is 4.06. The molecular weight excluding hydrogens is 440 g/mol. The average molecular weight is 457 g/mol. The molecule has 0 fully saturated rings. The molecule has 0 saturated heterocycles. The van der Waals surface area contributed by atoms with Crippen LogP contribution in [-0.4, -0.2) is 15.9 Å². The minimum atomic E-state index is -4.46. The Balaban J connectivity index is 0.000000195. The van der Waals surface area contributed by atoms with Crippen LogP contribution in [-0.2, 0) is 25.2 Å². The lowest BCUT2D eigenvalue weighted by molar-refractivity contribution is -0.141. The van der Waals surface area contributed by atoms with Crippen molar-refractivity contribution in [2.24, 2.45) is 5.73 Å². The summed E-state index contributed by atoms with van der Waals surface area (Å²) in [6, 6.07) is 6.43. The number of benzene rings is 1. The third-order valence-electron chi connectivity index (χ3n) is 4.62. The summed E-state index contributed by atoms with van der Waals surface area (Å²) in [4.78, 5) is 18.1. The fourth-order valence-corrected chi connectivity index (χ4v) is 3.04. The Morgan fingerprint density at radius 1 is 0.969 bits per heavy atom. The van der Waals surface area contributed by atoms with Crippen molar-refractivity contribution in [3.63, 3.8) is 0 Å². The number of carbonyl (C=O) groups excluding carboxylic acids is 1. The highest BCUT2D eigenvalue weighted by Crippen LogP contribution is 2.32. The summed E-state index contributed by atoms with van der Waals surface area (Å²) in [6.45, 7) is 0. The molecule has 0 spiro atoms. The number of nitrogens with zero attached hydrogens (tertiary/aromatic N) is 2. The van der Waals surface area contributed by atoms with Crippen molar-refractivity contribution in [2.75, 3.05) is 0 Å². The Labute approximate surface area is 178 Å². The molecule has 32 heavy (non-hydrogen) atoms. The van der Waals surface area contributed by atoms with Crippen LogP contribution in [0.5, 0.6) is 0 Å². The molecule has 0 unspecified atom stereocenters. The number of amides is 1. The van der Waals surface area contributed by atoms with Gasteiger partial charge < -0.3 is 10.2 Å². The van der Waals surface area contributed by atoms with Gasteiger partial charge in [-0.3, -0.25) is 9.78 Å². The van der Waals surface area contributed by atoms with E-state index in [1.165, 1.54) is 12.1 Å². The van der Waals surface area contributed by atoms with Gasteiger partial charge in [-0.15, -0.1) is 0 Å². The number of primary amides is 1. The van der Waals surface area contributed by atoms with Gasteiger partial charge >= 0.3 is 12.4 Å². The first-order valence-corrected chi connectivity index (χ1v) is 9.44. The van der Waals surface area contributed by atoms with Crippen molar-refractivity contribution >= 4 is 5.91 Å². The van der Waals surface area contributed by atoms with E-state index in [-0.39, 0.29) is 11.5 Å². The highest BCUT2D eigenvalue weighted by molar-refractivity contribution is 5.92. The second-order valence-electron chi connectivity index (χ2n) is 6.97. The van der Waals surface area contributed by atoms with Gasteiger partial charge in [0.15, 0.2) is 0 Å². The summed E-state index contributed by atoms with van der Waals surface area (Å²) in [6.07, 6.45) is -4.06. The minimum absolute atomic E-state index is 0.144. The second kappa shape index (κ2) is 9.01. The summed E-state index contributed by atoms with van der Waals surface area (Å²) in [7, 11) is 0. The predicted molar refractivity (Wildman–Crippen MR) is 101 cm³/mol. The van der Waals surface area contributed by atoms with Crippen molar-refractivity contribution < 1.29 is 35.6 Å². The Bertz CT molecular complexity index is 1080. The molecule has 2 N–H and O–H groups in total. The maximum Gasteiger partial charge on any atom is 0.433 e. The maximum absolute atomic E-state index is 12.6. The Kier molecular flexibility index (Phi) is 6.56. The fraction of sp³-hybridized carbons (Fsp3) is 0.286.